The molecule has 18 heavy (non-hydrogen) atoms. The summed E-state index contributed by atoms with van der Waals surface area (Å²) >= 11 is 3.80. The van der Waals surface area contributed by atoms with E-state index in [1.165, 1.54) is 5.75 Å². The van der Waals surface area contributed by atoms with Crippen LogP contribution in [0.25, 0.3) is 0 Å². The quantitative estimate of drug-likeness (QED) is 0.918. The van der Waals surface area contributed by atoms with Gasteiger partial charge in [-0.1, -0.05) is 12.1 Å². The number of thioether (sulfide) groups is 2. The molecule has 0 bridgehead atoms. The summed E-state index contributed by atoms with van der Waals surface area (Å²) in [5, 5.41) is 10.7. The minimum Gasteiger partial charge on any atom is -0.491 e. The highest BCUT2D eigenvalue weighted by Crippen LogP contribution is 2.34. The predicted molar refractivity (Wildman–Crippen MR) is 80.7 cm³/mol. The molecule has 0 aliphatic carbocycles. The van der Waals surface area contributed by atoms with Crippen LogP contribution in [0.15, 0.2) is 24.3 Å². The van der Waals surface area contributed by atoms with E-state index in [1.807, 2.05) is 61.6 Å². The summed E-state index contributed by atoms with van der Waals surface area (Å²) in [4.78, 5) is 0. The average molecular weight is 284 g/mol. The third kappa shape index (κ3) is 3.84. The molecule has 2 nitrogen and oxygen atoms in total. The lowest BCUT2D eigenvalue weighted by Gasteiger charge is -2.26. The molecule has 2 unspecified atom stereocenters. The van der Waals surface area contributed by atoms with Crippen molar-refractivity contribution in [3.05, 3.63) is 29.8 Å². The molecular weight excluding hydrogens is 264 g/mol. The topological polar surface area (TPSA) is 29.5 Å². The Labute approximate surface area is 117 Å². The molecule has 100 valence electrons. The molecule has 1 aromatic rings. The van der Waals surface area contributed by atoms with Gasteiger partial charge >= 0.3 is 0 Å². The van der Waals surface area contributed by atoms with Crippen molar-refractivity contribution in [1.82, 2.24) is 0 Å². The molecule has 1 aliphatic rings. The van der Waals surface area contributed by atoms with Crippen molar-refractivity contribution >= 4 is 23.5 Å². The zero-order valence-corrected chi connectivity index (χ0v) is 12.5. The number of hydrogen-bond acceptors (Lipinski definition) is 4. The Morgan fingerprint density at radius 1 is 1.33 bits per heavy atom. The van der Waals surface area contributed by atoms with Gasteiger partial charge in [-0.2, -0.15) is 23.5 Å². The second-order valence-electron chi connectivity index (χ2n) is 4.67. The van der Waals surface area contributed by atoms with Crippen molar-refractivity contribution in [3.63, 3.8) is 0 Å². The van der Waals surface area contributed by atoms with Crippen molar-refractivity contribution < 1.29 is 9.84 Å². The van der Waals surface area contributed by atoms with Crippen LogP contribution in [0.4, 0.5) is 0 Å². The first-order valence-electron chi connectivity index (χ1n) is 6.31. The van der Waals surface area contributed by atoms with Gasteiger partial charge in [-0.25, -0.2) is 0 Å². The van der Waals surface area contributed by atoms with E-state index in [0.29, 0.717) is 5.25 Å². The zero-order valence-electron chi connectivity index (χ0n) is 10.8. The van der Waals surface area contributed by atoms with Gasteiger partial charge in [0, 0.05) is 22.5 Å². The molecule has 0 radical (unpaired) electrons. The summed E-state index contributed by atoms with van der Waals surface area (Å²) in [5.41, 5.74) is 0.966. The van der Waals surface area contributed by atoms with Gasteiger partial charge in [0.25, 0.3) is 0 Å². The van der Waals surface area contributed by atoms with Crippen molar-refractivity contribution in [1.29, 1.82) is 0 Å². The average Bonchev–Trinajstić information content (AvgIpc) is 2.38. The van der Waals surface area contributed by atoms with Crippen LogP contribution >= 0.6 is 23.5 Å². The number of hydrogen-bond donors (Lipinski definition) is 1. The van der Waals surface area contributed by atoms with Crippen LogP contribution in [0, 0.1) is 0 Å². The molecule has 0 spiro atoms. The SMILES string of the molecule is CC(C)Oc1cccc(C(O)C2CSCCS2)c1. The van der Waals surface area contributed by atoms with Crippen molar-refractivity contribution in [3.8, 4) is 5.75 Å². The maximum atomic E-state index is 10.4. The Kier molecular flexibility index (Phi) is 5.27. The van der Waals surface area contributed by atoms with E-state index in [0.717, 1.165) is 22.8 Å². The van der Waals surface area contributed by atoms with E-state index >= 15 is 0 Å². The Morgan fingerprint density at radius 2 is 2.17 bits per heavy atom. The van der Waals surface area contributed by atoms with Gasteiger partial charge in [0.15, 0.2) is 0 Å². The van der Waals surface area contributed by atoms with Gasteiger partial charge in [-0.05, 0) is 31.5 Å². The molecule has 1 aromatic carbocycles. The van der Waals surface area contributed by atoms with Gasteiger partial charge in [0.05, 0.1) is 12.2 Å². The molecular formula is C14H20O2S2. The maximum Gasteiger partial charge on any atom is 0.120 e. The molecule has 4 heteroatoms. The van der Waals surface area contributed by atoms with Gasteiger partial charge in [0.1, 0.15) is 5.75 Å². The lowest BCUT2D eigenvalue weighted by Crippen LogP contribution is -2.22. The number of aliphatic hydroxyl groups is 1. The summed E-state index contributed by atoms with van der Waals surface area (Å²) in [7, 11) is 0. The highest BCUT2D eigenvalue weighted by atomic mass is 32.2. The number of aliphatic hydroxyl groups excluding tert-OH is 1. The standard InChI is InChI=1S/C14H20O2S2/c1-10(2)16-12-5-3-4-11(8-12)14(15)13-9-17-6-7-18-13/h3-5,8,10,13-15H,6-7,9H2,1-2H3. The van der Waals surface area contributed by atoms with Crippen LogP contribution in [0.5, 0.6) is 5.75 Å². The third-order valence-electron chi connectivity index (χ3n) is 2.77. The fourth-order valence-electron chi connectivity index (χ4n) is 1.95. The molecule has 2 rings (SSSR count). The summed E-state index contributed by atoms with van der Waals surface area (Å²) < 4.78 is 5.67. The number of rotatable bonds is 4. The Morgan fingerprint density at radius 3 is 2.83 bits per heavy atom. The summed E-state index contributed by atoms with van der Waals surface area (Å²) in [5.74, 6) is 4.20. The zero-order chi connectivity index (χ0) is 13.0. The molecule has 1 aliphatic heterocycles. The largest absolute Gasteiger partial charge is 0.491 e. The van der Waals surface area contributed by atoms with E-state index in [-0.39, 0.29) is 6.10 Å². The van der Waals surface area contributed by atoms with E-state index in [1.54, 1.807) is 0 Å². The minimum absolute atomic E-state index is 0.164. The monoisotopic (exact) mass is 284 g/mol. The van der Waals surface area contributed by atoms with Crippen LogP contribution in [0.2, 0.25) is 0 Å². The predicted octanol–water partition coefficient (Wildman–Crippen LogP) is 3.36. The smallest absolute Gasteiger partial charge is 0.120 e. The van der Waals surface area contributed by atoms with Gasteiger partial charge < -0.3 is 9.84 Å². The first-order chi connectivity index (χ1) is 8.66. The van der Waals surface area contributed by atoms with Crippen LogP contribution in [0.3, 0.4) is 0 Å². The molecule has 1 fully saturated rings. The Bertz CT molecular complexity index is 376. The maximum absolute atomic E-state index is 10.4. The van der Waals surface area contributed by atoms with Crippen LogP contribution < -0.4 is 4.74 Å². The van der Waals surface area contributed by atoms with Crippen LogP contribution in [-0.4, -0.2) is 33.7 Å². The fourth-order valence-corrected chi connectivity index (χ4v) is 4.70. The lowest BCUT2D eigenvalue weighted by atomic mass is 10.1. The second-order valence-corrected chi connectivity index (χ2v) is 7.17. The number of ether oxygens (including phenoxy) is 1. The van der Waals surface area contributed by atoms with E-state index < -0.39 is 6.10 Å². The summed E-state index contributed by atoms with van der Waals surface area (Å²) in [6, 6.07) is 7.85. The second kappa shape index (κ2) is 6.73. The molecule has 2 atom stereocenters. The van der Waals surface area contributed by atoms with Gasteiger partial charge in [-0.3, -0.25) is 0 Å². The van der Waals surface area contributed by atoms with Crippen molar-refractivity contribution in [2.45, 2.75) is 31.3 Å². The van der Waals surface area contributed by atoms with Crippen LogP contribution in [-0.2, 0) is 0 Å². The van der Waals surface area contributed by atoms with E-state index in [2.05, 4.69) is 0 Å². The van der Waals surface area contributed by atoms with Gasteiger partial charge in [-0.15, -0.1) is 0 Å². The molecule has 0 saturated carbocycles. The minimum atomic E-state index is -0.390. The molecule has 1 heterocycles. The first kappa shape index (κ1) is 14.1. The normalized spacial score (nSPS) is 21.9. The summed E-state index contributed by atoms with van der Waals surface area (Å²) in [6.45, 7) is 4.02. The Hall–Kier alpha value is -0.320. The van der Waals surface area contributed by atoms with Crippen molar-refractivity contribution in [2.75, 3.05) is 17.3 Å². The molecule has 0 amide bonds. The van der Waals surface area contributed by atoms with Crippen LogP contribution in [0.1, 0.15) is 25.5 Å². The third-order valence-corrected chi connectivity index (χ3v) is 5.61. The van der Waals surface area contributed by atoms with E-state index in [9.17, 15) is 5.11 Å². The van der Waals surface area contributed by atoms with E-state index in [4.69, 9.17) is 4.74 Å². The molecule has 1 saturated heterocycles. The van der Waals surface area contributed by atoms with Crippen molar-refractivity contribution in [2.24, 2.45) is 0 Å². The Balaban J connectivity index is 2.06. The fraction of sp³-hybridized carbons (Fsp3) is 0.571. The number of benzene rings is 1. The van der Waals surface area contributed by atoms with Gasteiger partial charge in [0.2, 0.25) is 0 Å². The lowest BCUT2D eigenvalue weighted by molar-refractivity contribution is 0.179. The first-order valence-corrected chi connectivity index (χ1v) is 8.51. The molecule has 1 N–H and O–H groups in total. The summed E-state index contributed by atoms with van der Waals surface area (Å²) in [6.07, 6.45) is -0.226. The highest BCUT2D eigenvalue weighted by Gasteiger charge is 2.24. The highest BCUT2D eigenvalue weighted by molar-refractivity contribution is 8.06. The molecule has 0 aromatic heterocycles.